The molecule has 0 radical (unpaired) electrons. The topological polar surface area (TPSA) is 32.8 Å². The molecule has 0 aliphatic carbocycles. The fraction of sp³-hybridized carbons (Fsp3) is 0.200. The first-order chi connectivity index (χ1) is 13.1. The van der Waals surface area contributed by atoms with Crippen LogP contribution >= 0.6 is 35.7 Å². The third-order valence-electron chi connectivity index (χ3n) is 4.55. The van der Waals surface area contributed by atoms with Crippen molar-refractivity contribution in [1.82, 2.24) is 4.90 Å². The van der Waals surface area contributed by atoms with E-state index in [-0.39, 0.29) is 5.91 Å². The summed E-state index contributed by atoms with van der Waals surface area (Å²) < 4.78 is 5.95. The summed E-state index contributed by atoms with van der Waals surface area (Å²) in [4.78, 5) is 18.6. The van der Waals surface area contributed by atoms with Crippen LogP contribution in [0.2, 0.25) is 0 Å². The molecule has 2 aromatic rings. The van der Waals surface area contributed by atoms with E-state index in [1.807, 2.05) is 48.3 Å². The number of nitrogens with zero attached hydrogens (tertiary/aromatic N) is 2. The van der Waals surface area contributed by atoms with Crippen LogP contribution in [0, 0.1) is 0 Å². The highest BCUT2D eigenvalue weighted by Gasteiger charge is 2.38. The lowest BCUT2D eigenvalue weighted by molar-refractivity contribution is -0.122. The normalized spacial score (nSPS) is 19.0. The number of ether oxygens (including phenoxy) is 1. The van der Waals surface area contributed by atoms with Gasteiger partial charge in [0, 0.05) is 24.6 Å². The Morgan fingerprint density at radius 2 is 1.89 bits per heavy atom. The fourth-order valence-electron chi connectivity index (χ4n) is 3.06. The highest BCUT2D eigenvalue weighted by molar-refractivity contribution is 8.27. The molecular formula is C20H18N2O2S3. The molecule has 27 heavy (non-hydrogen) atoms. The van der Waals surface area contributed by atoms with E-state index in [2.05, 4.69) is 12.1 Å². The second-order valence-electron chi connectivity index (χ2n) is 6.19. The first-order valence-electron chi connectivity index (χ1n) is 8.50. The van der Waals surface area contributed by atoms with Gasteiger partial charge in [0.05, 0.1) is 17.8 Å². The molecule has 2 aromatic carbocycles. The number of methoxy groups -OCH3 is 1. The van der Waals surface area contributed by atoms with Crippen LogP contribution in [0.4, 0.5) is 5.69 Å². The number of anilines is 1. The van der Waals surface area contributed by atoms with Crippen LogP contribution < -0.4 is 9.64 Å². The molecule has 1 fully saturated rings. The fourth-order valence-corrected chi connectivity index (χ4v) is 5.67. The molecule has 0 unspecified atom stereocenters. The van der Waals surface area contributed by atoms with Crippen molar-refractivity contribution in [2.75, 3.05) is 25.6 Å². The van der Waals surface area contributed by atoms with Gasteiger partial charge in [-0.15, -0.1) is 0 Å². The molecule has 2 heterocycles. The maximum Gasteiger partial charge on any atom is 0.268 e. The number of carbonyl (C=O) groups is 1. The average Bonchev–Trinajstić information content (AvgIpc) is 3.16. The highest BCUT2D eigenvalue weighted by Crippen LogP contribution is 2.50. The molecular weight excluding hydrogens is 396 g/mol. The minimum absolute atomic E-state index is 0.00458. The van der Waals surface area contributed by atoms with E-state index in [1.54, 1.807) is 23.8 Å². The molecule has 138 valence electrons. The van der Waals surface area contributed by atoms with E-state index >= 15 is 0 Å². The van der Waals surface area contributed by atoms with Gasteiger partial charge in [-0.3, -0.25) is 9.69 Å². The Labute approximate surface area is 172 Å². The van der Waals surface area contributed by atoms with Crippen LogP contribution in [0.1, 0.15) is 5.56 Å². The van der Waals surface area contributed by atoms with Gasteiger partial charge in [0.2, 0.25) is 0 Å². The quantitative estimate of drug-likeness (QED) is 0.541. The summed E-state index contributed by atoms with van der Waals surface area (Å²) in [6.07, 6.45) is 0.788. The lowest BCUT2D eigenvalue weighted by Gasteiger charge is -2.16. The van der Waals surface area contributed by atoms with Crippen LogP contribution in [0.25, 0.3) is 0 Å². The van der Waals surface area contributed by atoms with Gasteiger partial charge in [0.15, 0.2) is 0 Å². The number of hydrogen-bond donors (Lipinski definition) is 0. The molecule has 0 bridgehead atoms. The van der Waals surface area contributed by atoms with Crippen molar-refractivity contribution >= 4 is 51.7 Å². The van der Waals surface area contributed by atoms with E-state index in [1.165, 1.54) is 17.3 Å². The van der Waals surface area contributed by atoms with Crippen LogP contribution in [-0.2, 0) is 11.2 Å². The first-order valence-corrected chi connectivity index (χ1v) is 10.5. The van der Waals surface area contributed by atoms with Crippen molar-refractivity contribution in [2.24, 2.45) is 0 Å². The zero-order valence-corrected chi connectivity index (χ0v) is 17.4. The van der Waals surface area contributed by atoms with Crippen LogP contribution in [0.3, 0.4) is 0 Å². The summed E-state index contributed by atoms with van der Waals surface area (Å²) >= 11 is 8.49. The number of fused-ring (bicyclic) bond motifs is 1. The summed E-state index contributed by atoms with van der Waals surface area (Å²) in [5, 5.41) is 0.929. The van der Waals surface area contributed by atoms with Crippen molar-refractivity contribution in [3.63, 3.8) is 0 Å². The predicted octanol–water partition coefficient (Wildman–Crippen LogP) is 4.51. The van der Waals surface area contributed by atoms with Crippen LogP contribution in [0.5, 0.6) is 5.75 Å². The number of thiocarbonyl (C=S) groups is 1. The molecule has 1 saturated heterocycles. The lowest BCUT2D eigenvalue weighted by Crippen LogP contribution is -2.30. The highest BCUT2D eigenvalue weighted by atomic mass is 32.2. The van der Waals surface area contributed by atoms with Gasteiger partial charge in [-0.1, -0.05) is 66.1 Å². The summed E-state index contributed by atoms with van der Waals surface area (Å²) in [6, 6.07) is 16.1. The van der Waals surface area contributed by atoms with Gasteiger partial charge in [0.25, 0.3) is 5.91 Å². The first kappa shape index (κ1) is 18.4. The Bertz CT molecular complexity index is 943. The number of rotatable bonds is 4. The van der Waals surface area contributed by atoms with Crippen molar-refractivity contribution in [2.45, 2.75) is 11.3 Å². The standard InChI is InChI=1S/C20H18N2O2S3/c1-21-15-12-14(24-2)8-9-16(15)26-19(21)17-18(23)22(20(25)27-17)11-10-13-6-4-3-5-7-13/h3-9,12H,10-11H2,1-2H3. The largest absolute Gasteiger partial charge is 0.497 e. The van der Waals surface area contributed by atoms with Gasteiger partial charge in [-0.05, 0) is 24.1 Å². The Morgan fingerprint density at radius 3 is 2.63 bits per heavy atom. The zero-order valence-electron chi connectivity index (χ0n) is 15.0. The summed E-state index contributed by atoms with van der Waals surface area (Å²) in [5.41, 5.74) is 2.25. The molecule has 4 nitrogen and oxygen atoms in total. The molecule has 0 aromatic heterocycles. The molecule has 0 N–H and O–H groups in total. The second-order valence-corrected chi connectivity index (χ2v) is 8.86. The smallest absolute Gasteiger partial charge is 0.268 e. The second kappa shape index (κ2) is 7.58. The van der Waals surface area contributed by atoms with E-state index < -0.39 is 0 Å². The number of hydrogen-bond acceptors (Lipinski definition) is 6. The number of carbonyl (C=O) groups excluding carboxylic acids is 1. The van der Waals surface area contributed by atoms with E-state index in [4.69, 9.17) is 17.0 Å². The van der Waals surface area contributed by atoms with Crippen molar-refractivity contribution in [1.29, 1.82) is 0 Å². The predicted molar refractivity (Wildman–Crippen MR) is 116 cm³/mol. The molecule has 1 amide bonds. The van der Waals surface area contributed by atoms with Gasteiger partial charge >= 0.3 is 0 Å². The van der Waals surface area contributed by atoms with Crippen molar-refractivity contribution in [3.8, 4) is 5.75 Å². The minimum atomic E-state index is -0.00458. The molecule has 0 atom stereocenters. The SMILES string of the molecule is COc1ccc2c(c1)N(C)C(=C1SC(=S)N(CCc3ccccc3)C1=O)S2. The molecule has 0 saturated carbocycles. The maximum atomic E-state index is 13.0. The van der Waals surface area contributed by atoms with Gasteiger partial charge < -0.3 is 9.64 Å². The number of benzene rings is 2. The maximum absolute atomic E-state index is 13.0. The average molecular weight is 415 g/mol. The van der Waals surface area contributed by atoms with Crippen molar-refractivity contribution in [3.05, 3.63) is 64.0 Å². The van der Waals surface area contributed by atoms with Crippen molar-refractivity contribution < 1.29 is 9.53 Å². The summed E-state index contributed by atoms with van der Waals surface area (Å²) in [5.74, 6) is 0.799. The van der Waals surface area contributed by atoms with Gasteiger partial charge in [-0.2, -0.15) is 0 Å². The summed E-state index contributed by atoms with van der Waals surface area (Å²) in [7, 11) is 3.63. The molecule has 0 spiro atoms. The third kappa shape index (κ3) is 3.47. The Morgan fingerprint density at radius 1 is 1.11 bits per heavy atom. The number of amides is 1. The number of thioether (sulfide) groups is 2. The Balaban J connectivity index is 1.56. The molecule has 4 rings (SSSR count). The van der Waals surface area contributed by atoms with E-state index in [0.29, 0.717) is 15.8 Å². The van der Waals surface area contributed by atoms with Crippen LogP contribution in [-0.4, -0.2) is 35.8 Å². The molecule has 2 aliphatic heterocycles. The third-order valence-corrected chi connectivity index (χ3v) is 7.35. The van der Waals surface area contributed by atoms with Gasteiger partial charge in [0.1, 0.15) is 15.0 Å². The molecule has 7 heteroatoms. The Kier molecular flexibility index (Phi) is 5.16. The minimum Gasteiger partial charge on any atom is -0.497 e. The van der Waals surface area contributed by atoms with E-state index in [0.717, 1.165) is 27.8 Å². The monoisotopic (exact) mass is 414 g/mol. The van der Waals surface area contributed by atoms with E-state index in [9.17, 15) is 4.79 Å². The Hall–Kier alpha value is -1.96. The molecule has 2 aliphatic rings. The summed E-state index contributed by atoms with van der Waals surface area (Å²) in [6.45, 7) is 0.598. The van der Waals surface area contributed by atoms with Gasteiger partial charge in [-0.25, -0.2) is 0 Å². The van der Waals surface area contributed by atoms with Crippen LogP contribution in [0.15, 0.2) is 63.4 Å². The zero-order chi connectivity index (χ0) is 19.0. The lowest BCUT2D eigenvalue weighted by atomic mass is 10.1.